The molecule has 0 radical (unpaired) electrons. The summed E-state index contributed by atoms with van der Waals surface area (Å²) in [6.45, 7) is 0.775. The maximum Gasteiger partial charge on any atom is 0.372 e. The van der Waals surface area contributed by atoms with Gasteiger partial charge in [0, 0.05) is 6.61 Å². The Balaban J connectivity index is 2.33. The fraction of sp³-hybridized carbons (Fsp3) is 0.667. The Morgan fingerprint density at radius 3 is 3.08 bits per heavy atom. The predicted octanol–water partition coefficient (Wildman–Crippen LogP) is 1.17. The molecule has 1 fully saturated rings. The van der Waals surface area contributed by atoms with Gasteiger partial charge in [0.15, 0.2) is 5.76 Å². The van der Waals surface area contributed by atoms with Crippen LogP contribution >= 0.6 is 0 Å². The molecule has 4 nitrogen and oxygen atoms in total. The molecule has 0 aromatic rings. The second-order valence-corrected chi connectivity index (χ2v) is 2.95. The van der Waals surface area contributed by atoms with Gasteiger partial charge in [0.05, 0.1) is 13.2 Å². The molecule has 0 aliphatic carbocycles. The maximum absolute atomic E-state index is 10.7. The summed E-state index contributed by atoms with van der Waals surface area (Å²) in [6, 6.07) is 0. The molecular formula is C9H14O4. The van der Waals surface area contributed by atoms with Crippen LogP contribution in [-0.4, -0.2) is 30.9 Å². The highest BCUT2D eigenvalue weighted by atomic mass is 16.5. The molecule has 0 bridgehead atoms. The van der Waals surface area contributed by atoms with Gasteiger partial charge in [-0.3, -0.25) is 0 Å². The molecule has 0 aromatic heterocycles. The van der Waals surface area contributed by atoms with Crippen molar-refractivity contribution in [2.45, 2.75) is 25.4 Å². The zero-order valence-corrected chi connectivity index (χ0v) is 7.66. The Kier molecular flexibility index (Phi) is 3.76. The van der Waals surface area contributed by atoms with Gasteiger partial charge in [0.1, 0.15) is 0 Å². The molecule has 1 rings (SSSR count). The van der Waals surface area contributed by atoms with Crippen LogP contribution in [0.25, 0.3) is 0 Å². The van der Waals surface area contributed by atoms with E-state index >= 15 is 0 Å². The van der Waals surface area contributed by atoms with Gasteiger partial charge in [0.25, 0.3) is 0 Å². The summed E-state index contributed by atoms with van der Waals surface area (Å²) >= 11 is 0. The normalized spacial score (nSPS) is 23.2. The van der Waals surface area contributed by atoms with E-state index < -0.39 is 5.97 Å². The third-order valence-electron chi connectivity index (χ3n) is 1.99. The van der Waals surface area contributed by atoms with Crippen molar-refractivity contribution < 1.29 is 19.4 Å². The minimum atomic E-state index is -0.696. The highest BCUT2D eigenvalue weighted by Gasteiger charge is 2.15. The van der Waals surface area contributed by atoms with Gasteiger partial charge < -0.3 is 14.6 Å². The van der Waals surface area contributed by atoms with E-state index in [0.29, 0.717) is 6.42 Å². The summed E-state index contributed by atoms with van der Waals surface area (Å²) in [5.74, 6) is -1.03. The number of carbonyl (C=O) groups excluding carboxylic acids is 1. The van der Waals surface area contributed by atoms with E-state index in [1.807, 2.05) is 0 Å². The van der Waals surface area contributed by atoms with Crippen molar-refractivity contribution in [1.82, 2.24) is 0 Å². The first-order valence-corrected chi connectivity index (χ1v) is 4.33. The van der Waals surface area contributed by atoms with E-state index in [4.69, 9.17) is 9.84 Å². The van der Waals surface area contributed by atoms with Crippen LogP contribution in [0, 0.1) is 0 Å². The first kappa shape index (κ1) is 10.1. The van der Waals surface area contributed by atoms with E-state index in [2.05, 4.69) is 4.74 Å². The molecule has 1 heterocycles. The van der Waals surface area contributed by atoms with Gasteiger partial charge in [-0.05, 0) is 25.3 Å². The zero-order chi connectivity index (χ0) is 9.68. The van der Waals surface area contributed by atoms with Gasteiger partial charge in [-0.15, -0.1) is 0 Å². The SMILES string of the molecule is COC(=O)C(O)=CCC1CCCO1. The third-order valence-corrected chi connectivity index (χ3v) is 1.99. The van der Waals surface area contributed by atoms with Crippen LogP contribution in [0.3, 0.4) is 0 Å². The van der Waals surface area contributed by atoms with Gasteiger partial charge >= 0.3 is 5.97 Å². The van der Waals surface area contributed by atoms with Gasteiger partial charge in [0.2, 0.25) is 0 Å². The van der Waals surface area contributed by atoms with Crippen molar-refractivity contribution >= 4 is 5.97 Å². The highest BCUT2D eigenvalue weighted by molar-refractivity contribution is 5.85. The van der Waals surface area contributed by atoms with Crippen LogP contribution in [0.4, 0.5) is 0 Å². The predicted molar refractivity (Wildman–Crippen MR) is 46.3 cm³/mol. The number of aliphatic hydroxyl groups excluding tert-OH is 1. The Hall–Kier alpha value is -1.03. The Morgan fingerprint density at radius 1 is 1.77 bits per heavy atom. The lowest BCUT2D eigenvalue weighted by molar-refractivity contribution is -0.139. The minimum absolute atomic E-state index is 0.145. The van der Waals surface area contributed by atoms with Crippen LogP contribution in [0.5, 0.6) is 0 Å². The van der Waals surface area contributed by atoms with Crippen LogP contribution < -0.4 is 0 Å². The lowest BCUT2D eigenvalue weighted by Crippen LogP contribution is -2.07. The van der Waals surface area contributed by atoms with Crippen molar-refractivity contribution in [3.63, 3.8) is 0 Å². The average molecular weight is 186 g/mol. The summed E-state index contributed by atoms with van der Waals surface area (Å²) in [5.41, 5.74) is 0. The maximum atomic E-state index is 10.7. The Labute approximate surface area is 77.1 Å². The average Bonchev–Trinajstić information content (AvgIpc) is 2.65. The van der Waals surface area contributed by atoms with E-state index in [0.717, 1.165) is 19.4 Å². The Bertz CT molecular complexity index is 204. The molecule has 74 valence electrons. The molecule has 13 heavy (non-hydrogen) atoms. The number of aliphatic hydroxyl groups is 1. The number of esters is 1. The summed E-state index contributed by atoms with van der Waals surface area (Å²) < 4.78 is 9.64. The van der Waals surface area contributed by atoms with Crippen LogP contribution in [0.2, 0.25) is 0 Å². The minimum Gasteiger partial charge on any atom is -0.502 e. The Morgan fingerprint density at radius 2 is 2.54 bits per heavy atom. The quantitative estimate of drug-likeness (QED) is 0.408. The fourth-order valence-corrected chi connectivity index (χ4v) is 1.26. The second kappa shape index (κ2) is 4.87. The van der Waals surface area contributed by atoms with E-state index in [1.54, 1.807) is 0 Å². The number of hydrogen-bond acceptors (Lipinski definition) is 4. The topological polar surface area (TPSA) is 55.8 Å². The van der Waals surface area contributed by atoms with Crippen molar-refractivity contribution in [3.8, 4) is 0 Å². The molecule has 1 aliphatic heterocycles. The fourth-order valence-electron chi connectivity index (χ4n) is 1.26. The molecular weight excluding hydrogens is 172 g/mol. The zero-order valence-electron chi connectivity index (χ0n) is 7.66. The lowest BCUT2D eigenvalue weighted by atomic mass is 10.2. The van der Waals surface area contributed by atoms with Crippen LogP contribution in [0.15, 0.2) is 11.8 Å². The summed E-state index contributed by atoms with van der Waals surface area (Å²) in [4.78, 5) is 10.7. The molecule has 0 saturated carbocycles. The number of ether oxygens (including phenoxy) is 2. The molecule has 1 unspecified atom stereocenters. The largest absolute Gasteiger partial charge is 0.502 e. The first-order valence-electron chi connectivity index (χ1n) is 4.33. The first-order chi connectivity index (χ1) is 6.24. The van der Waals surface area contributed by atoms with E-state index in [-0.39, 0.29) is 11.9 Å². The number of rotatable bonds is 3. The van der Waals surface area contributed by atoms with Crippen LogP contribution in [-0.2, 0) is 14.3 Å². The van der Waals surface area contributed by atoms with Crippen LogP contribution in [0.1, 0.15) is 19.3 Å². The number of hydrogen-bond donors (Lipinski definition) is 1. The molecule has 1 atom stereocenters. The third kappa shape index (κ3) is 3.06. The number of carbonyl (C=O) groups is 1. The monoisotopic (exact) mass is 186 g/mol. The van der Waals surface area contributed by atoms with Gasteiger partial charge in [-0.25, -0.2) is 4.79 Å². The van der Waals surface area contributed by atoms with Gasteiger partial charge in [-0.1, -0.05) is 0 Å². The summed E-state index contributed by atoms with van der Waals surface area (Å²) in [7, 11) is 1.23. The lowest BCUT2D eigenvalue weighted by Gasteiger charge is -2.04. The molecule has 4 heteroatoms. The molecule has 0 aromatic carbocycles. The molecule has 1 aliphatic rings. The molecule has 1 saturated heterocycles. The van der Waals surface area contributed by atoms with E-state index in [1.165, 1.54) is 13.2 Å². The van der Waals surface area contributed by atoms with Crippen molar-refractivity contribution in [1.29, 1.82) is 0 Å². The number of methoxy groups -OCH3 is 1. The second-order valence-electron chi connectivity index (χ2n) is 2.95. The molecule has 0 spiro atoms. The van der Waals surface area contributed by atoms with Crippen molar-refractivity contribution in [2.75, 3.05) is 13.7 Å². The van der Waals surface area contributed by atoms with Crippen molar-refractivity contribution in [2.24, 2.45) is 0 Å². The smallest absolute Gasteiger partial charge is 0.372 e. The van der Waals surface area contributed by atoms with Crippen molar-refractivity contribution in [3.05, 3.63) is 11.8 Å². The summed E-state index contributed by atoms with van der Waals surface area (Å²) in [6.07, 6.45) is 4.21. The molecule has 1 N–H and O–H groups in total. The highest BCUT2D eigenvalue weighted by Crippen LogP contribution is 2.16. The summed E-state index contributed by atoms with van der Waals surface area (Å²) in [5, 5.41) is 9.11. The van der Waals surface area contributed by atoms with E-state index in [9.17, 15) is 4.79 Å². The van der Waals surface area contributed by atoms with Gasteiger partial charge in [-0.2, -0.15) is 0 Å². The standard InChI is InChI=1S/C9H14O4/c1-12-9(11)8(10)5-4-7-3-2-6-13-7/h5,7,10H,2-4,6H2,1H3. The molecule has 0 amide bonds.